The van der Waals surface area contributed by atoms with E-state index >= 15 is 0 Å². The van der Waals surface area contributed by atoms with Gasteiger partial charge in [-0.25, -0.2) is 10.3 Å². The van der Waals surface area contributed by atoms with Gasteiger partial charge in [-0.05, 0) is 27.4 Å². The van der Waals surface area contributed by atoms with Gasteiger partial charge in [-0.3, -0.25) is 4.84 Å². The number of urea groups is 1. The first kappa shape index (κ1) is 9.50. The molecule has 0 atom stereocenters. The van der Waals surface area contributed by atoms with Gasteiger partial charge in [0.2, 0.25) is 0 Å². The summed E-state index contributed by atoms with van der Waals surface area (Å²) in [6, 6.07) is 1.22. The predicted molar refractivity (Wildman–Crippen MR) is 49.5 cm³/mol. The summed E-state index contributed by atoms with van der Waals surface area (Å²) < 4.78 is 0.971. The number of nitrogens with one attached hydrogen (secondary N) is 1. The van der Waals surface area contributed by atoms with Crippen LogP contribution in [0.5, 0.6) is 0 Å². The summed E-state index contributed by atoms with van der Waals surface area (Å²) >= 11 is 4.86. The molecular weight excluding hydrogens is 244 g/mol. The second-order valence-corrected chi connectivity index (χ2v) is 3.80. The highest BCUT2D eigenvalue weighted by Gasteiger charge is 2.01. The highest BCUT2D eigenvalue weighted by Crippen LogP contribution is 2.22. The van der Waals surface area contributed by atoms with Crippen molar-refractivity contribution in [3.8, 4) is 0 Å². The van der Waals surface area contributed by atoms with Crippen molar-refractivity contribution in [1.82, 2.24) is 5.48 Å². The van der Waals surface area contributed by atoms with Crippen LogP contribution < -0.4 is 11.2 Å². The van der Waals surface area contributed by atoms with Crippen molar-refractivity contribution in [2.75, 3.05) is 0 Å². The average Bonchev–Trinajstić information content (AvgIpc) is 2.36. The summed E-state index contributed by atoms with van der Waals surface area (Å²) in [6.45, 7) is 0.321. The van der Waals surface area contributed by atoms with E-state index in [1.54, 1.807) is 0 Å². The lowest BCUT2D eigenvalue weighted by Crippen LogP contribution is -2.29. The smallest absolute Gasteiger partial charge is 0.336 e. The normalized spacial score (nSPS) is 9.75. The molecule has 0 saturated heterocycles. The van der Waals surface area contributed by atoms with Crippen LogP contribution in [-0.4, -0.2) is 6.03 Å². The second kappa shape index (κ2) is 4.44. The van der Waals surface area contributed by atoms with Crippen molar-refractivity contribution in [2.24, 2.45) is 5.73 Å². The lowest BCUT2D eigenvalue weighted by Gasteiger charge is -2.00. The molecule has 0 aliphatic heterocycles. The van der Waals surface area contributed by atoms with Crippen molar-refractivity contribution in [2.45, 2.75) is 6.61 Å². The molecule has 1 rings (SSSR count). The van der Waals surface area contributed by atoms with Crippen LogP contribution in [0.4, 0.5) is 4.79 Å². The third-order valence-electron chi connectivity index (χ3n) is 1.07. The molecule has 1 heterocycles. The second-order valence-electron chi connectivity index (χ2n) is 1.95. The van der Waals surface area contributed by atoms with E-state index in [2.05, 4.69) is 15.9 Å². The molecule has 0 aliphatic carbocycles. The van der Waals surface area contributed by atoms with E-state index in [9.17, 15) is 4.79 Å². The minimum atomic E-state index is -0.692. The van der Waals surface area contributed by atoms with E-state index in [0.717, 1.165) is 9.35 Å². The van der Waals surface area contributed by atoms with E-state index in [-0.39, 0.29) is 0 Å². The fraction of sp³-hybridized carbons (Fsp3) is 0.167. The summed E-state index contributed by atoms with van der Waals surface area (Å²) in [5.74, 6) is 0. The number of hydrogen-bond donors (Lipinski definition) is 2. The van der Waals surface area contributed by atoms with E-state index in [4.69, 9.17) is 10.6 Å². The number of hydrogen-bond acceptors (Lipinski definition) is 3. The highest BCUT2D eigenvalue weighted by molar-refractivity contribution is 9.10. The van der Waals surface area contributed by atoms with E-state index in [1.165, 1.54) is 11.3 Å². The largest absolute Gasteiger partial charge is 0.350 e. The Labute approximate surface area is 81.8 Å². The van der Waals surface area contributed by atoms with E-state index in [1.807, 2.05) is 16.9 Å². The van der Waals surface area contributed by atoms with Gasteiger partial charge in [0.1, 0.15) is 6.61 Å². The van der Waals surface area contributed by atoms with Crippen LogP contribution in [0, 0.1) is 0 Å². The third-order valence-corrected chi connectivity index (χ3v) is 2.97. The number of halogens is 1. The first-order chi connectivity index (χ1) is 5.70. The molecule has 66 valence electrons. The van der Waals surface area contributed by atoms with Gasteiger partial charge in [0.05, 0.1) is 0 Å². The number of hydroxylamine groups is 1. The van der Waals surface area contributed by atoms with Crippen molar-refractivity contribution < 1.29 is 9.63 Å². The van der Waals surface area contributed by atoms with Crippen molar-refractivity contribution >= 4 is 33.3 Å². The molecule has 3 N–H and O–H groups in total. The molecule has 6 heteroatoms. The van der Waals surface area contributed by atoms with Crippen LogP contribution in [-0.2, 0) is 11.4 Å². The van der Waals surface area contributed by atoms with Gasteiger partial charge < -0.3 is 5.73 Å². The minimum Gasteiger partial charge on any atom is -0.350 e. The van der Waals surface area contributed by atoms with Crippen LogP contribution >= 0.6 is 27.3 Å². The molecule has 1 aromatic heterocycles. The van der Waals surface area contributed by atoms with Crippen LogP contribution in [0.1, 0.15) is 4.88 Å². The summed E-state index contributed by atoms with van der Waals surface area (Å²) in [4.78, 5) is 16.0. The monoisotopic (exact) mass is 250 g/mol. The molecule has 1 aromatic rings. The Balaban J connectivity index is 2.33. The van der Waals surface area contributed by atoms with Crippen LogP contribution in [0.3, 0.4) is 0 Å². The Bertz CT molecular complexity index is 276. The van der Waals surface area contributed by atoms with Crippen molar-refractivity contribution in [3.05, 3.63) is 20.8 Å². The Morgan fingerprint density at radius 3 is 3.08 bits per heavy atom. The lowest BCUT2D eigenvalue weighted by atomic mass is 10.5. The van der Waals surface area contributed by atoms with Gasteiger partial charge in [-0.1, -0.05) is 0 Å². The molecule has 0 fully saturated rings. The maximum atomic E-state index is 10.2. The molecule has 0 radical (unpaired) electrons. The van der Waals surface area contributed by atoms with Gasteiger partial charge in [0.25, 0.3) is 0 Å². The van der Waals surface area contributed by atoms with E-state index in [0.29, 0.717) is 6.61 Å². The zero-order valence-corrected chi connectivity index (χ0v) is 8.44. The van der Waals surface area contributed by atoms with Gasteiger partial charge in [0, 0.05) is 9.35 Å². The van der Waals surface area contributed by atoms with Crippen LogP contribution in [0.25, 0.3) is 0 Å². The number of primary amides is 1. The number of carbonyl (C=O) groups is 1. The number of rotatable bonds is 3. The third kappa shape index (κ3) is 2.80. The fourth-order valence-corrected chi connectivity index (χ4v) is 1.98. The highest BCUT2D eigenvalue weighted by atomic mass is 79.9. The first-order valence-corrected chi connectivity index (χ1v) is 4.76. The molecule has 2 amide bonds. The fourth-order valence-electron chi connectivity index (χ4n) is 0.601. The average molecular weight is 251 g/mol. The van der Waals surface area contributed by atoms with Crippen molar-refractivity contribution in [1.29, 1.82) is 0 Å². The number of nitrogens with two attached hydrogens (primary N) is 1. The molecule has 0 unspecified atom stereocenters. The Hall–Kier alpha value is -0.590. The van der Waals surface area contributed by atoms with Crippen LogP contribution in [0.15, 0.2) is 15.9 Å². The number of carbonyl (C=O) groups excluding carboxylic acids is 1. The standard InChI is InChI=1S/C6H7BrN2O2S/c7-4-1-2-12-5(4)3-11-9-6(8)10/h1-2H,3H2,(H3,8,9,10). The van der Waals surface area contributed by atoms with Gasteiger partial charge in [0.15, 0.2) is 0 Å². The molecule has 12 heavy (non-hydrogen) atoms. The Morgan fingerprint density at radius 2 is 2.58 bits per heavy atom. The number of thiophene rings is 1. The molecular formula is C6H7BrN2O2S. The Morgan fingerprint density at radius 1 is 1.83 bits per heavy atom. The predicted octanol–water partition coefficient (Wildman–Crippen LogP) is 1.61. The summed E-state index contributed by atoms with van der Waals surface area (Å²) in [5.41, 5.74) is 6.82. The van der Waals surface area contributed by atoms with Gasteiger partial charge in [-0.15, -0.1) is 11.3 Å². The van der Waals surface area contributed by atoms with E-state index < -0.39 is 6.03 Å². The lowest BCUT2D eigenvalue weighted by molar-refractivity contribution is 0.0534. The zero-order chi connectivity index (χ0) is 8.97. The topological polar surface area (TPSA) is 64.4 Å². The Kier molecular flexibility index (Phi) is 3.51. The maximum absolute atomic E-state index is 10.2. The summed E-state index contributed by atoms with van der Waals surface area (Å²) in [5, 5.41) is 1.92. The van der Waals surface area contributed by atoms with Crippen LogP contribution in [0.2, 0.25) is 0 Å². The molecule has 0 aromatic carbocycles. The molecule has 4 nitrogen and oxygen atoms in total. The maximum Gasteiger partial charge on any atom is 0.336 e. The summed E-state index contributed by atoms with van der Waals surface area (Å²) in [6.07, 6.45) is 0. The van der Waals surface area contributed by atoms with Gasteiger partial charge in [-0.2, -0.15) is 0 Å². The quantitative estimate of drug-likeness (QED) is 0.801. The first-order valence-electron chi connectivity index (χ1n) is 3.09. The zero-order valence-electron chi connectivity index (χ0n) is 6.04. The molecule has 0 aliphatic rings. The van der Waals surface area contributed by atoms with Crippen molar-refractivity contribution in [3.63, 3.8) is 0 Å². The SMILES string of the molecule is NC(=O)NOCc1sccc1Br. The van der Waals surface area contributed by atoms with Gasteiger partial charge >= 0.3 is 6.03 Å². The molecule has 0 saturated carbocycles. The minimum absolute atomic E-state index is 0.321. The molecule has 0 bridgehead atoms. The molecule has 0 spiro atoms. The summed E-state index contributed by atoms with van der Waals surface area (Å²) in [7, 11) is 0. The number of amides is 2.